The second-order valence-electron chi connectivity index (χ2n) is 16.0. The van der Waals surface area contributed by atoms with Crippen molar-refractivity contribution in [2.24, 2.45) is 52.5 Å². The molecule has 10 heteroatoms. The van der Waals surface area contributed by atoms with E-state index >= 15 is 0 Å². The third-order valence-electron chi connectivity index (χ3n) is 13.5. The van der Waals surface area contributed by atoms with Crippen molar-refractivity contribution < 1.29 is 43.3 Å². The second kappa shape index (κ2) is 10.6. The fourth-order valence-electron chi connectivity index (χ4n) is 11.1. The van der Waals surface area contributed by atoms with Gasteiger partial charge in [-0.05, 0) is 94.8 Å². The summed E-state index contributed by atoms with van der Waals surface area (Å²) in [6.07, 6.45) is 7.17. The molecule has 0 N–H and O–H groups in total. The first kappa shape index (κ1) is 30.5. The molecule has 44 heavy (non-hydrogen) atoms. The monoisotopic (exact) mass is 619 g/mol. The Balaban J connectivity index is 1.11. The first-order chi connectivity index (χ1) is 21.0. The molecule has 0 aromatic carbocycles. The minimum absolute atomic E-state index is 0.126. The highest BCUT2D eigenvalue weighted by Crippen LogP contribution is 2.63. The third kappa shape index (κ3) is 4.24. The predicted molar refractivity (Wildman–Crippen MR) is 157 cm³/mol. The van der Waals surface area contributed by atoms with Crippen molar-refractivity contribution in [1.29, 1.82) is 0 Å². The minimum atomic E-state index is -0.821. The van der Waals surface area contributed by atoms with Crippen molar-refractivity contribution >= 4 is 5.71 Å². The fraction of sp³-hybridized carbons (Fsp3) is 0.971. The van der Waals surface area contributed by atoms with Gasteiger partial charge >= 0.3 is 0 Å². The molecule has 8 aliphatic heterocycles. The molecule has 4 bridgehead atoms. The van der Waals surface area contributed by atoms with Crippen molar-refractivity contribution in [2.75, 3.05) is 6.61 Å². The molecule has 8 heterocycles. The van der Waals surface area contributed by atoms with Gasteiger partial charge in [0.15, 0.2) is 23.8 Å². The molecular weight excluding hydrogens is 566 g/mol. The number of hydrogen-bond donors (Lipinski definition) is 0. The first-order valence-electron chi connectivity index (χ1n) is 17.6. The summed E-state index contributed by atoms with van der Waals surface area (Å²) in [7, 11) is 0. The molecule has 16 atom stereocenters. The number of oxime groups is 1. The molecule has 2 aliphatic carbocycles. The van der Waals surface area contributed by atoms with Crippen LogP contribution in [0.5, 0.6) is 0 Å². The Hall–Kier alpha value is -0.850. The SMILES string of the molecule is CCO/N=C(/C[C@H]1O[C@@H]2O[C@]3(C)CC[C@H]4[C@H](C)CC[C@@H]([C@H]1C)C24OO3)[C@H]1O[C@@H]2O[C@]3(C)CC[C@H]4[C@H](C)CC[C@@H]([C@H]1C)C24OO3. The molecule has 8 saturated heterocycles. The van der Waals surface area contributed by atoms with Crippen LogP contribution in [-0.2, 0) is 43.3 Å². The fourth-order valence-corrected chi connectivity index (χ4v) is 11.1. The molecular formula is C34H53NO9. The van der Waals surface area contributed by atoms with Gasteiger partial charge in [-0.2, -0.15) is 0 Å². The minimum Gasteiger partial charge on any atom is -0.396 e. The number of hydrogen-bond acceptors (Lipinski definition) is 10. The number of ether oxygens (including phenoxy) is 4. The zero-order valence-corrected chi connectivity index (χ0v) is 27.6. The van der Waals surface area contributed by atoms with Gasteiger partial charge in [-0.15, -0.1) is 0 Å². The second-order valence-corrected chi connectivity index (χ2v) is 16.0. The lowest BCUT2D eigenvalue weighted by Crippen LogP contribution is -2.71. The molecule has 0 radical (unpaired) electrons. The average molecular weight is 620 g/mol. The van der Waals surface area contributed by atoms with E-state index in [2.05, 4.69) is 27.7 Å². The van der Waals surface area contributed by atoms with Gasteiger partial charge in [0.2, 0.25) is 11.6 Å². The van der Waals surface area contributed by atoms with Crippen LogP contribution in [0.3, 0.4) is 0 Å². The van der Waals surface area contributed by atoms with E-state index in [1.165, 1.54) is 6.42 Å². The van der Waals surface area contributed by atoms with E-state index in [-0.39, 0.29) is 35.9 Å². The Labute approximate surface area is 261 Å². The van der Waals surface area contributed by atoms with Crippen LogP contribution in [0.4, 0.5) is 0 Å². The number of rotatable bonds is 5. The van der Waals surface area contributed by atoms with Gasteiger partial charge < -0.3 is 23.8 Å². The maximum atomic E-state index is 7.01. The van der Waals surface area contributed by atoms with E-state index in [0.29, 0.717) is 36.7 Å². The molecule has 248 valence electrons. The summed E-state index contributed by atoms with van der Waals surface area (Å²) in [4.78, 5) is 30.7. The maximum Gasteiger partial charge on any atom is 0.201 e. The van der Waals surface area contributed by atoms with E-state index < -0.39 is 35.4 Å². The first-order valence-corrected chi connectivity index (χ1v) is 17.6. The Morgan fingerprint density at radius 1 is 0.682 bits per heavy atom. The van der Waals surface area contributed by atoms with Crippen LogP contribution < -0.4 is 0 Å². The van der Waals surface area contributed by atoms with E-state index in [1.54, 1.807) is 0 Å². The highest BCUT2D eigenvalue weighted by atomic mass is 17.3. The summed E-state index contributed by atoms with van der Waals surface area (Å²) in [6, 6.07) is 0. The third-order valence-corrected chi connectivity index (χ3v) is 13.5. The molecule has 0 aromatic heterocycles. The summed E-state index contributed by atoms with van der Waals surface area (Å²) in [6.45, 7) is 15.7. The molecule has 10 aliphatic rings. The van der Waals surface area contributed by atoms with Crippen LogP contribution in [0.1, 0.15) is 106 Å². The predicted octanol–water partition coefficient (Wildman–Crippen LogP) is 6.27. The highest BCUT2D eigenvalue weighted by molar-refractivity contribution is 5.89. The summed E-state index contributed by atoms with van der Waals surface area (Å²) in [5, 5.41) is 4.77. The molecule has 2 unspecified atom stereocenters. The molecule has 0 amide bonds. The zero-order valence-electron chi connectivity index (χ0n) is 27.6. The zero-order chi connectivity index (χ0) is 30.6. The average Bonchev–Trinajstić information content (AvgIpc) is 3.37. The molecule has 10 fully saturated rings. The Kier molecular flexibility index (Phi) is 7.33. The lowest BCUT2D eigenvalue weighted by Gasteiger charge is -2.61. The lowest BCUT2D eigenvalue weighted by molar-refractivity contribution is -0.571. The number of nitrogens with zero attached hydrogens (tertiary/aromatic N) is 1. The van der Waals surface area contributed by atoms with Gasteiger partial charge in [0, 0.05) is 31.1 Å². The van der Waals surface area contributed by atoms with Crippen molar-refractivity contribution in [3.63, 3.8) is 0 Å². The van der Waals surface area contributed by atoms with E-state index in [1.807, 2.05) is 20.8 Å². The van der Waals surface area contributed by atoms with Crippen LogP contribution in [-0.4, -0.2) is 59.9 Å². The summed E-state index contributed by atoms with van der Waals surface area (Å²) in [5.41, 5.74) is -0.333. The van der Waals surface area contributed by atoms with Crippen LogP contribution in [0.25, 0.3) is 0 Å². The van der Waals surface area contributed by atoms with Gasteiger partial charge in [-0.25, -0.2) is 19.6 Å². The Bertz CT molecular complexity index is 1150. The van der Waals surface area contributed by atoms with Crippen molar-refractivity contribution in [3.05, 3.63) is 0 Å². The Morgan fingerprint density at radius 3 is 1.80 bits per heavy atom. The van der Waals surface area contributed by atoms with E-state index in [9.17, 15) is 0 Å². The van der Waals surface area contributed by atoms with Gasteiger partial charge in [0.1, 0.15) is 12.7 Å². The molecule has 2 spiro atoms. The van der Waals surface area contributed by atoms with Crippen LogP contribution in [0, 0.1) is 47.3 Å². The molecule has 10 rings (SSSR count). The topological polar surface area (TPSA) is 95.4 Å². The van der Waals surface area contributed by atoms with E-state index in [4.69, 9.17) is 48.5 Å². The van der Waals surface area contributed by atoms with Crippen LogP contribution in [0.2, 0.25) is 0 Å². The van der Waals surface area contributed by atoms with Crippen molar-refractivity contribution in [1.82, 2.24) is 0 Å². The number of fused-ring (bicyclic) bond motifs is 4. The van der Waals surface area contributed by atoms with Crippen molar-refractivity contribution in [2.45, 2.75) is 154 Å². The van der Waals surface area contributed by atoms with Crippen LogP contribution in [0.15, 0.2) is 5.16 Å². The van der Waals surface area contributed by atoms with E-state index in [0.717, 1.165) is 50.7 Å². The summed E-state index contributed by atoms with van der Waals surface area (Å²) in [5.74, 6) is 0.858. The largest absolute Gasteiger partial charge is 0.396 e. The maximum absolute atomic E-state index is 7.01. The van der Waals surface area contributed by atoms with Gasteiger partial charge in [0.05, 0.1) is 11.8 Å². The molecule has 2 saturated carbocycles. The lowest BCUT2D eigenvalue weighted by atomic mass is 9.56. The quantitative estimate of drug-likeness (QED) is 0.200. The summed E-state index contributed by atoms with van der Waals surface area (Å²) < 4.78 is 27.3. The van der Waals surface area contributed by atoms with Gasteiger partial charge in [-0.3, -0.25) is 0 Å². The van der Waals surface area contributed by atoms with Gasteiger partial charge in [0.25, 0.3) is 0 Å². The highest BCUT2D eigenvalue weighted by Gasteiger charge is 2.71. The van der Waals surface area contributed by atoms with Gasteiger partial charge in [-0.1, -0.05) is 32.9 Å². The Morgan fingerprint density at radius 2 is 1.23 bits per heavy atom. The standard InChI is InChI=1S/C34H53NO9/c1-8-36-35-26(28-21(5)25-12-10-19(3)23-14-16-32(7)40-30(38-28)34(23,25)44-42-32)17-27-20(4)24-11-9-18(2)22-13-15-31(6)39-29(37-27)33(22,24)43-41-31/h18-25,27-30H,8-17H2,1-7H3/b35-26-/t18-,19-,20-,21-,22+,23+,24+,25+,27-,28+,29-,30-,31+,32+,33?,34?/m1/s1. The van der Waals surface area contributed by atoms with Crippen molar-refractivity contribution in [3.8, 4) is 0 Å². The molecule has 10 nitrogen and oxygen atoms in total. The summed E-state index contributed by atoms with van der Waals surface area (Å²) >= 11 is 0. The smallest absolute Gasteiger partial charge is 0.201 e. The van der Waals surface area contributed by atoms with Crippen LogP contribution >= 0.6 is 0 Å². The normalized spacial score (nSPS) is 58.0. The molecule has 0 aromatic rings.